The van der Waals surface area contributed by atoms with Gasteiger partial charge in [0.25, 0.3) is 0 Å². The summed E-state index contributed by atoms with van der Waals surface area (Å²) in [5, 5.41) is 0. The van der Waals surface area contributed by atoms with Crippen LogP contribution in [-0.2, 0) is 4.79 Å². The third-order valence-corrected chi connectivity index (χ3v) is 4.74. The zero-order valence-corrected chi connectivity index (χ0v) is 14.3. The quantitative estimate of drug-likeness (QED) is 0.852. The first-order chi connectivity index (χ1) is 10.8. The molecule has 2 aliphatic heterocycles. The molecule has 5 nitrogen and oxygen atoms in total. The van der Waals surface area contributed by atoms with Crippen molar-refractivity contribution in [2.45, 2.75) is 39.2 Å². The van der Waals surface area contributed by atoms with Crippen molar-refractivity contribution in [3.63, 3.8) is 0 Å². The summed E-state index contributed by atoms with van der Waals surface area (Å²) in [5.74, 6) is 1.72. The van der Waals surface area contributed by atoms with E-state index in [1.54, 1.807) is 0 Å². The zero-order valence-electron chi connectivity index (χ0n) is 14.3. The van der Waals surface area contributed by atoms with Crippen molar-refractivity contribution in [2.75, 3.05) is 36.8 Å². The largest absolute Gasteiger partial charge is 0.484 e. The first-order valence-corrected chi connectivity index (χ1v) is 8.45. The Balaban J connectivity index is 1.76. The van der Waals surface area contributed by atoms with Crippen LogP contribution in [0.5, 0.6) is 5.75 Å². The molecule has 1 aromatic rings. The van der Waals surface area contributed by atoms with E-state index < -0.39 is 0 Å². The number of anilines is 2. The molecule has 1 amide bonds. The van der Waals surface area contributed by atoms with Crippen LogP contribution in [0.25, 0.3) is 0 Å². The number of rotatable bonds is 2. The minimum atomic E-state index is -0.320. The molecular weight excluding hydrogens is 290 g/mol. The Morgan fingerprint density at radius 2 is 2.04 bits per heavy atom. The minimum Gasteiger partial charge on any atom is -0.484 e. The summed E-state index contributed by atoms with van der Waals surface area (Å²) in [6.07, 6.45) is 2.20. The standard InChI is InChI=1S/C18H27N3O2/c1-13-6-8-20(9-7-13)17(22)11-21-12-18(2,3)23-16-5-4-14(19)10-15(16)21/h4-5,10,13H,6-9,11-12,19H2,1-3H3. The summed E-state index contributed by atoms with van der Waals surface area (Å²) >= 11 is 0. The molecule has 2 heterocycles. The average Bonchev–Trinajstić information content (AvgIpc) is 2.48. The number of hydrogen-bond donors (Lipinski definition) is 1. The van der Waals surface area contributed by atoms with Crippen molar-refractivity contribution in [2.24, 2.45) is 5.92 Å². The molecule has 1 saturated heterocycles. The number of nitrogen functional groups attached to an aromatic ring is 1. The van der Waals surface area contributed by atoms with E-state index in [1.807, 2.05) is 36.9 Å². The predicted molar refractivity (Wildman–Crippen MR) is 92.8 cm³/mol. The maximum Gasteiger partial charge on any atom is 0.242 e. The van der Waals surface area contributed by atoms with Crippen LogP contribution in [0.15, 0.2) is 18.2 Å². The Hall–Kier alpha value is -1.91. The molecule has 0 radical (unpaired) electrons. The van der Waals surface area contributed by atoms with Gasteiger partial charge in [-0.1, -0.05) is 6.92 Å². The van der Waals surface area contributed by atoms with E-state index in [-0.39, 0.29) is 11.5 Å². The van der Waals surface area contributed by atoms with Gasteiger partial charge in [-0.3, -0.25) is 4.79 Å². The fraction of sp³-hybridized carbons (Fsp3) is 0.611. The van der Waals surface area contributed by atoms with E-state index >= 15 is 0 Å². The van der Waals surface area contributed by atoms with Crippen molar-refractivity contribution in [3.05, 3.63) is 18.2 Å². The second-order valence-corrected chi connectivity index (χ2v) is 7.51. The van der Waals surface area contributed by atoms with E-state index in [9.17, 15) is 4.79 Å². The summed E-state index contributed by atoms with van der Waals surface area (Å²) in [6, 6.07) is 5.63. The summed E-state index contributed by atoms with van der Waals surface area (Å²) < 4.78 is 6.02. The molecule has 126 valence electrons. The second-order valence-electron chi connectivity index (χ2n) is 7.51. The van der Waals surface area contributed by atoms with Gasteiger partial charge in [0.05, 0.1) is 18.8 Å². The monoisotopic (exact) mass is 317 g/mol. The maximum atomic E-state index is 12.7. The van der Waals surface area contributed by atoms with Crippen LogP contribution in [-0.4, -0.2) is 42.6 Å². The third kappa shape index (κ3) is 3.54. The molecule has 0 aliphatic carbocycles. The topological polar surface area (TPSA) is 58.8 Å². The highest BCUT2D eigenvalue weighted by molar-refractivity contribution is 5.83. The van der Waals surface area contributed by atoms with Crippen molar-refractivity contribution in [3.8, 4) is 5.75 Å². The molecule has 1 aromatic carbocycles. The van der Waals surface area contributed by atoms with Crippen molar-refractivity contribution in [1.82, 2.24) is 4.90 Å². The third-order valence-electron chi connectivity index (χ3n) is 4.74. The van der Waals surface area contributed by atoms with Crippen LogP contribution in [0.1, 0.15) is 33.6 Å². The number of carbonyl (C=O) groups excluding carboxylic acids is 1. The fourth-order valence-corrected chi connectivity index (χ4v) is 3.40. The molecule has 0 saturated carbocycles. The van der Waals surface area contributed by atoms with Crippen LogP contribution in [0.3, 0.4) is 0 Å². The molecule has 0 unspecified atom stereocenters. The van der Waals surface area contributed by atoms with Crippen LogP contribution >= 0.6 is 0 Å². The molecular formula is C18H27N3O2. The zero-order chi connectivity index (χ0) is 16.6. The van der Waals surface area contributed by atoms with Gasteiger partial charge < -0.3 is 20.3 Å². The van der Waals surface area contributed by atoms with Crippen LogP contribution in [0, 0.1) is 5.92 Å². The summed E-state index contributed by atoms with van der Waals surface area (Å²) in [7, 11) is 0. The molecule has 0 aromatic heterocycles. The van der Waals surface area contributed by atoms with Gasteiger partial charge in [0.15, 0.2) is 0 Å². The smallest absolute Gasteiger partial charge is 0.242 e. The van der Waals surface area contributed by atoms with Gasteiger partial charge >= 0.3 is 0 Å². The van der Waals surface area contributed by atoms with Gasteiger partial charge in [0.1, 0.15) is 11.4 Å². The van der Waals surface area contributed by atoms with Gasteiger partial charge in [-0.25, -0.2) is 0 Å². The van der Waals surface area contributed by atoms with E-state index in [2.05, 4.69) is 11.8 Å². The normalized spacial score (nSPS) is 20.8. The van der Waals surface area contributed by atoms with Gasteiger partial charge in [-0.05, 0) is 50.8 Å². The van der Waals surface area contributed by atoms with Crippen LogP contribution in [0.2, 0.25) is 0 Å². The van der Waals surface area contributed by atoms with E-state index in [4.69, 9.17) is 10.5 Å². The number of likely N-dealkylation sites (tertiary alicyclic amines) is 1. The van der Waals surface area contributed by atoms with Crippen molar-refractivity contribution in [1.29, 1.82) is 0 Å². The second kappa shape index (κ2) is 5.95. The number of amides is 1. The Morgan fingerprint density at radius 1 is 1.35 bits per heavy atom. The highest BCUT2D eigenvalue weighted by Crippen LogP contribution is 2.38. The average molecular weight is 317 g/mol. The maximum absolute atomic E-state index is 12.7. The Bertz CT molecular complexity index is 592. The molecule has 23 heavy (non-hydrogen) atoms. The molecule has 0 bridgehead atoms. The number of hydrogen-bond acceptors (Lipinski definition) is 4. The van der Waals surface area contributed by atoms with E-state index in [0.29, 0.717) is 18.8 Å². The van der Waals surface area contributed by atoms with Crippen molar-refractivity contribution >= 4 is 17.3 Å². The Kier molecular flexibility index (Phi) is 4.13. The van der Waals surface area contributed by atoms with Crippen molar-refractivity contribution < 1.29 is 9.53 Å². The number of benzene rings is 1. The molecule has 5 heteroatoms. The first kappa shape index (κ1) is 16.0. The lowest BCUT2D eigenvalue weighted by Gasteiger charge is -2.41. The summed E-state index contributed by atoms with van der Waals surface area (Å²) in [4.78, 5) is 16.8. The SMILES string of the molecule is CC1CCN(C(=O)CN2CC(C)(C)Oc3ccc(N)cc32)CC1. The van der Waals surface area contributed by atoms with E-state index in [1.165, 1.54) is 0 Å². The van der Waals surface area contributed by atoms with Gasteiger partial charge in [-0.2, -0.15) is 0 Å². The van der Waals surface area contributed by atoms with Gasteiger partial charge in [-0.15, -0.1) is 0 Å². The lowest BCUT2D eigenvalue weighted by Crippen LogP contribution is -2.51. The molecule has 2 N–H and O–H groups in total. The van der Waals surface area contributed by atoms with Crippen LogP contribution in [0.4, 0.5) is 11.4 Å². The highest BCUT2D eigenvalue weighted by Gasteiger charge is 2.33. The number of nitrogens with zero attached hydrogens (tertiary/aromatic N) is 2. The molecule has 1 fully saturated rings. The van der Waals surface area contributed by atoms with Crippen LogP contribution < -0.4 is 15.4 Å². The Labute approximate surface area is 138 Å². The Morgan fingerprint density at radius 3 is 2.74 bits per heavy atom. The minimum absolute atomic E-state index is 0.197. The lowest BCUT2D eigenvalue weighted by molar-refractivity contribution is -0.131. The highest BCUT2D eigenvalue weighted by atomic mass is 16.5. The number of fused-ring (bicyclic) bond motifs is 1. The fourth-order valence-electron chi connectivity index (χ4n) is 3.40. The van der Waals surface area contributed by atoms with Gasteiger partial charge in [0, 0.05) is 18.8 Å². The molecule has 0 spiro atoms. The molecule has 3 rings (SSSR count). The lowest BCUT2D eigenvalue weighted by atomic mass is 9.99. The summed E-state index contributed by atoms with van der Waals surface area (Å²) in [6.45, 7) is 9.16. The predicted octanol–water partition coefficient (Wildman–Crippen LogP) is 2.50. The number of carbonyl (C=O) groups is 1. The van der Waals surface area contributed by atoms with Gasteiger partial charge in [0.2, 0.25) is 5.91 Å². The summed E-state index contributed by atoms with van der Waals surface area (Å²) in [5.41, 5.74) is 7.21. The number of piperidine rings is 1. The number of ether oxygens (including phenoxy) is 1. The molecule has 2 aliphatic rings. The molecule has 0 atom stereocenters. The number of nitrogens with two attached hydrogens (primary N) is 1. The van der Waals surface area contributed by atoms with E-state index in [0.717, 1.165) is 43.3 Å². The first-order valence-electron chi connectivity index (χ1n) is 8.45.